The van der Waals surface area contributed by atoms with Crippen LogP contribution in [0.2, 0.25) is 0 Å². The fourth-order valence-corrected chi connectivity index (χ4v) is 4.39. The third kappa shape index (κ3) is 6.34. The van der Waals surface area contributed by atoms with Crippen molar-refractivity contribution in [3.8, 4) is 11.4 Å². The van der Waals surface area contributed by atoms with Gasteiger partial charge < -0.3 is 24.1 Å². The Kier molecular flexibility index (Phi) is 9.30. The van der Waals surface area contributed by atoms with Crippen molar-refractivity contribution in [2.24, 2.45) is 5.92 Å². The van der Waals surface area contributed by atoms with Gasteiger partial charge in [-0.1, -0.05) is 6.07 Å². The number of aliphatic hydroxyl groups is 1. The number of hydrogen-bond acceptors (Lipinski definition) is 7. The van der Waals surface area contributed by atoms with Gasteiger partial charge in [-0.15, -0.1) is 12.4 Å². The van der Waals surface area contributed by atoms with Gasteiger partial charge in [0, 0.05) is 42.9 Å². The zero-order valence-corrected chi connectivity index (χ0v) is 21.9. The maximum atomic E-state index is 12.4. The number of rotatable bonds is 9. The van der Waals surface area contributed by atoms with E-state index in [0.29, 0.717) is 18.0 Å². The van der Waals surface area contributed by atoms with Crippen LogP contribution < -0.4 is 10.9 Å². The van der Waals surface area contributed by atoms with Crippen LogP contribution in [-0.2, 0) is 27.4 Å². The Morgan fingerprint density at radius 1 is 1.33 bits per heavy atom. The topological polar surface area (TPSA) is 118 Å². The Labute approximate surface area is 216 Å². The van der Waals surface area contributed by atoms with Crippen molar-refractivity contribution < 1.29 is 19.4 Å². The van der Waals surface area contributed by atoms with Crippen LogP contribution in [0.1, 0.15) is 38.3 Å². The molecule has 3 N–H and O–H groups in total. The van der Waals surface area contributed by atoms with Crippen LogP contribution in [0.4, 0.5) is 0 Å². The molecule has 1 aliphatic rings. The Morgan fingerprint density at radius 2 is 2.11 bits per heavy atom. The highest BCUT2D eigenvalue weighted by molar-refractivity contribution is 5.85. The van der Waals surface area contributed by atoms with Crippen LogP contribution in [0.25, 0.3) is 22.4 Å². The summed E-state index contributed by atoms with van der Waals surface area (Å²) in [5, 5.41) is 13.2. The molecule has 0 aliphatic carbocycles. The van der Waals surface area contributed by atoms with Gasteiger partial charge in [0.15, 0.2) is 0 Å². The van der Waals surface area contributed by atoms with E-state index in [1.807, 2.05) is 24.3 Å². The summed E-state index contributed by atoms with van der Waals surface area (Å²) in [5.74, 6) is 0.712. The number of hydrogen-bond donors (Lipinski definition) is 3. The van der Waals surface area contributed by atoms with Crippen molar-refractivity contribution in [2.75, 3.05) is 13.2 Å². The fourth-order valence-electron chi connectivity index (χ4n) is 4.39. The van der Waals surface area contributed by atoms with Crippen LogP contribution in [0, 0.1) is 12.8 Å². The molecule has 9 nitrogen and oxygen atoms in total. The summed E-state index contributed by atoms with van der Waals surface area (Å²) in [7, 11) is 0. The van der Waals surface area contributed by atoms with Crippen LogP contribution >= 0.6 is 12.4 Å². The van der Waals surface area contributed by atoms with E-state index in [-0.39, 0.29) is 24.1 Å². The number of aryl methyl sites for hydroxylation is 1. The molecule has 0 bridgehead atoms. The number of nitrogens with one attached hydrogen (secondary N) is 2. The maximum absolute atomic E-state index is 12.4. The number of carbonyl (C=O) groups excluding carboxylic acids is 1. The number of benzene rings is 1. The molecule has 196 valence electrons. The summed E-state index contributed by atoms with van der Waals surface area (Å²) in [6.07, 6.45) is 1.55. The Bertz CT molecular complexity index is 1250. The van der Waals surface area contributed by atoms with E-state index in [1.54, 1.807) is 33.9 Å². The second-order valence-corrected chi connectivity index (χ2v) is 9.58. The van der Waals surface area contributed by atoms with Crippen molar-refractivity contribution in [2.45, 2.75) is 65.5 Å². The molecule has 1 aliphatic heterocycles. The van der Waals surface area contributed by atoms with E-state index in [4.69, 9.17) is 14.5 Å². The van der Waals surface area contributed by atoms with E-state index >= 15 is 0 Å². The smallest absolute Gasteiger partial charge is 0.326 e. The molecule has 0 radical (unpaired) electrons. The highest BCUT2D eigenvalue weighted by atomic mass is 35.5. The van der Waals surface area contributed by atoms with Gasteiger partial charge in [0.1, 0.15) is 11.9 Å². The summed E-state index contributed by atoms with van der Waals surface area (Å²) in [5.41, 5.74) is 4.11. The zero-order chi connectivity index (χ0) is 25.1. The highest BCUT2D eigenvalue weighted by Gasteiger charge is 2.26. The lowest BCUT2D eigenvalue weighted by molar-refractivity contribution is -0.152. The molecule has 0 amide bonds. The van der Waals surface area contributed by atoms with Gasteiger partial charge >= 0.3 is 5.97 Å². The summed E-state index contributed by atoms with van der Waals surface area (Å²) in [6, 6.07) is 7.04. The molecule has 10 heteroatoms. The first kappa shape index (κ1) is 27.9. The lowest BCUT2D eigenvalue weighted by atomic mass is 10.1. The van der Waals surface area contributed by atoms with Crippen molar-refractivity contribution in [1.82, 2.24) is 19.9 Å². The first-order chi connectivity index (χ1) is 16.7. The maximum Gasteiger partial charge on any atom is 0.326 e. The van der Waals surface area contributed by atoms with Crippen LogP contribution in [-0.4, -0.2) is 57.1 Å². The summed E-state index contributed by atoms with van der Waals surface area (Å²) in [4.78, 5) is 32.0. The number of imidazole rings is 1. The molecule has 36 heavy (non-hydrogen) atoms. The lowest BCUT2D eigenvalue weighted by Crippen LogP contribution is -2.46. The minimum Gasteiger partial charge on any atom is -0.462 e. The molecule has 1 fully saturated rings. The molecule has 0 spiro atoms. The number of pyridine rings is 1. The summed E-state index contributed by atoms with van der Waals surface area (Å²) < 4.78 is 13.0. The van der Waals surface area contributed by atoms with Crippen LogP contribution in [0.3, 0.4) is 0 Å². The van der Waals surface area contributed by atoms with Crippen LogP contribution in [0.5, 0.6) is 0 Å². The minimum atomic E-state index is -0.895. The molecule has 3 unspecified atom stereocenters. The van der Waals surface area contributed by atoms with E-state index in [2.05, 4.69) is 14.9 Å². The molecule has 3 atom stereocenters. The number of ether oxygens (including phenoxy) is 2. The van der Waals surface area contributed by atoms with Crippen molar-refractivity contribution in [3.63, 3.8) is 0 Å². The number of aliphatic hydroxyl groups excluding tert-OH is 1. The summed E-state index contributed by atoms with van der Waals surface area (Å²) in [6.45, 7) is 9.54. The van der Waals surface area contributed by atoms with E-state index < -0.39 is 18.1 Å². The van der Waals surface area contributed by atoms with Gasteiger partial charge in [-0.3, -0.25) is 14.9 Å². The van der Waals surface area contributed by atoms with Gasteiger partial charge in [-0.25, -0.2) is 4.98 Å². The number of aromatic amines is 1. The van der Waals surface area contributed by atoms with Crippen molar-refractivity contribution in [3.05, 3.63) is 51.9 Å². The standard InChI is InChI=1S/C26H34N4O5.ClH/c1-15(2)35-26(33)23(17(4)31)27-11-18-5-6-22-21(10-18)29-24(20-9-16(3)25(32)28-12-20)30(22)13-19-7-8-34-14-19;/h5-6,9-10,12,15,17,19,23,27,31H,7-8,11,13-14H2,1-4H3,(H,28,32);1H. The normalized spacial score (nSPS) is 17.2. The van der Waals surface area contributed by atoms with Gasteiger partial charge in [0.25, 0.3) is 5.56 Å². The number of H-pyrrole nitrogens is 1. The van der Waals surface area contributed by atoms with E-state index in [1.165, 1.54) is 0 Å². The van der Waals surface area contributed by atoms with Gasteiger partial charge in [-0.05, 0) is 57.9 Å². The molecular weight excluding hydrogens is 484 g/mol. The predicted octanol–water partition coefficient (Wildman–Crippen LogP) is 2.95. The van der Waals surface area contributed by atoms with Crippen LogP contribution in [0.15, 0.2) is 35.3 Å². The van der Waals surface area contributed by atoms with Gasteiger partial charge in [-0.2, -0.15) is 0 Å². The number of carbonyl (C=O) groups is 1. The summed E-state index contributed by atoms with van der Waals surface area (Å²) >= 11 is 0. The SMILES string of the molecule is Cc1cc(-c2nc3cc(CNC(C(=O)OC(C)C)C(C)O)ccc3n2CC2CCOC2)c[nH]c1=O.Cl. The first-order valence-corrected chi connectivity index (χ1v) is 12.1. The van der Waals surface area contributed by atoms with E-state index in [0.717, 1.165) is 54.2 Å². The quantitative estimate of drug-likeness (QED) is 0.373. The molecule has 0 saturated carbocycles. The highest BCUT2D eigenvalue weighted by Crippen LogP contribution is 2.28. The molecular formula is C26H35ClN4O5. The predicted molar refractivity (Wildman–Crippen MR) is 140 cm³/mol. The number of fused-ring (bicyclic) bond motifs is 1. The average Bonchev–Trinajstić information content (AvgIpc) is 3.43. The molecule has 2 aromatic heterocycles. The largest absolute Gasteiger partial charge is 0.462 e. The number of nitrogens with zero attached hydrogens (tertiary/aromatic N) is 2. The van der Waals surface area contributed by atoms with Gasteiger partial charge in [0.2, 0.25) is 0 Å². The zero-order valence-electron chi connectivity index (χ0n) is 21.1. The third-order valence-corrected chi connectivity index (χ3v) is 6.24. The minimum absolute atomic E-state index is 0. The molecule has 1 saturated heterocycles. The first-order valence-electron chi connectivity index (χ1n) is 12.1. The Hall–Kier alpha value is -2.72. The molecule has 3 heterocycles. The monoisotopic (exact) mass is 518 g/mol. The van der Waals surface area contributed by atoms with Crippen molar-refractivity contribution in [1.29, 1.82) is 0 Å². The molecule has 3 aromatic rings. The molecule has 1 aromatic carbocycles. The number of esters is 1. The fraction of sp³-hybridized carbons (Fsp3) is 0.500. The second kappa shape index (κ2) is 12.0. The lowest BCUT2D eigenvalue weighted by Gasteiger charge is -2.21. The van der Waals surface area contributed by atoms with E-state index in [9.17, 15) is 14.7 Å². The van der Waals surface area contributed by atoms with Crippen molar-refractivity contribution >= 4 is 29.4 Å². The third-order valence-electron chi connectivity index (χ3n) is 6.24. The number of aromatic nitrogens is 3. The van der Waals surface area contributed by atoms with Gasteiger partial charge in [0.05, 0.1) is 29.8 Å². The molecule has 4 rings (SSSR count). The Balaban J connectivity index is 0.00000361. The number of halogens is 1. The second-order valence-electron chi connectivity index (χ2n) is 9.58. The Morgan fingerprint density at radius 3 is 2.75 bits per heavy atom. The average molecular weight is 519 g/mol.